The van der Waals surface area contributed by atoms with Gasteiger partial charge in [-0.25, -0.2) is 0 Å². The fraction of sp³-hybridized carbons (Fsp3) is 0.273. The number of aromatic amines is 1. The number of benzene rings is 2. The maximum Gasteiger partial charge on any atom is 0.255 e. The van der Waals surface area contributed by atoms with Crippen molar-refractivity contribution in [2.24, 2.45) is 0 Å². The number of carbonyl (C=O) groups is 2. The highest BCUT2D eigenvalue weighted by molar-refractivity contribution is 6.03. The van der Waals surface area contributed by atoms with Crippen molar-refractivity contribution in [3.05, 3.63) is 71.4 Å². The van der Waals surface area contributed by atoms with E-state index in [1.54, 1.807) is 18.9 Å². The molecule has 0 saturated heterocycles. The van der Waals surface area contributed by atoms with Crippen molar-refractivity contribution in [3.8, 4) is 0 Å². The van der Waals surface area contributed by atoms with Crippen LogP contribution in [0.15, 0.2) is 54.7 Å². The first-order valence-electron chi connectivity index (χ1n) is 9.37. The van der Waals surface area contributed by atoms with Crippen molar-refractivity contribution in [2.75, 3.05) is 20.3 Å². The van der Waals surface area contributed by atoms with E-state index < -0.39 is 6.04 Å². The number of nitrogens with one attached hydrogen (secondary N) is 2. The predicted octanol–water partition coefficient (Wildman–Crippen LogP) is 2.86. The summed E-state index contributed by atoms with van der Waals surface area (Å²) in [5, 5.41) is 3.89. The molecule has 0 radical (unpaired) electrons. The summed E-state index contributed by atoms with van der Waals surface area (Å²) in [6.07, 6.45) is 1.94. The van der Waals surface area contributed by atoms with E-state index in [4.69, 9.17) is 4.74 Å². The first kappa shape index (κ1) is 18.3. The van der Waals surface area contributed by atoms with Crippen molar-refractivity contribution in [1.29, 1.82) is 0 Å². The standard InChI is InChI=1S/C22H23N3O3/c1-14(21(26)23-11-12-28-2)25-20(16-8-3-4-9-17(16)22(25)27)18-13-24-19-10-6-5-7-15(18)19/h3-10,13-14,20,24H,11-12H2,1-2H3,(H,23,26)/t14-,20+/m1/s1. The number of amides is 2. The van der Waals surface area contributed by atoms with Crippen LogP contribution in [0.2, 0.25) is 0 Å². The van der Waals surface area contributed by atoms with Gasteiger partial charge in [-0.1, -0.05) is 36.4 Å². The van der Waals surface area contributed by atoms with E-state index in [1.165, 1.54) is 0 Å². The molecule has 0 aliphatic carbocycles. The molecular formula is C22H23N3O3. The first-order chi connectivity index (χ1) is 13.6. The summed E-state index contributed by atoms with van der Waals surface area (Å²) in [6, 6.07) is 14.6. The number of nitrogens with zero attached hydrogens (tertiary/aromatic N) is 1. The molecule has 28 heavy (non-hydrogen) atoms. The molecule has 1 aliphatic rings. The monoisotopic (exact) mass is 377 g/mol. The summed E-state index contributed by atoms with van der Waals surface area (Å²) >= 11 is 0. The van der Waals surface area contributed by atoms with E-state index in [-0.39, 0.29) is 17.9 Å². The number of aromatic nitrogens is 1. The van der Waals surface area contributed by atoms with Gasteiger partial charge in [0.2, 0.25) is 5.91 Å². The molecule has 6 nitrogen and oxygen atoms in total. The Kier molecular flexibility index (Phi) is 4.88. The zero-order chi connectivity index (χ0) is 19.7. The van der Waals surface area contributed by atoms with E-state index >= 15 is 0 Å². The zero-order valence-corrected chi connectivity index (χ0v) is 15.9. The van der Waals surface area contributed by atoms with Gasteiger partial charge in [0.1, 0.15) is 6.04 Å². The average molecular weight is 377 g/mol. The lowest BCUT2D eigenvalue weighted by Gasteiger charge is -2.30. The third-order valence-electron chi connectivity index (χ3n) is 5.32. The molecule has 0 fully saturated rings. The van der Waals surface area contributed by atoms with Crippen molar-refractivity contribution >= 4 is 22.7 Å². The third-order valence-corrected chi connectivity index (χ3v) is 5.32. The van der Waals surface area contributed by atoms with Crippen LogP contribution in [0.4, 0.5) is 0 Å². The summed E-state index contributed by atoms with van der Waals surface area (Å²) in [5.41, 5.74) is 3.57. The number of hydrogen-bond donors (Lipinski definition) is 2. The molecule has 4 rings (SSSR count). The molecule has 6 heteroatoms. The molecule has 144 valence electrons. The highest BCUT2D eigenvalue weighted by Crippen LogP contribution is 2.42. The van der Waals surface area contributed by atoms with Crippen molar-refractivity contribution in [2.45, 2.75) is 19.0 Å². The van der Waals surface area contributed by atoms with E-state index in [9.17, 15) is 9.59 Å². The molecule has 0 unspecified atom stereocenters. The summed E-state index contributed by atoms with van der Waals surface area (Å²) < 4.78 is 5.00. The SMILES string of the molecule is COCCNC(=O)[C@@H](C)N1C(=O)c2ccccc2[C@H]1c1c[nH]c2ccccc12. The van der Waals surface area contributed by atoms with Gasteiger partial charge in [0.05, 0.1) is 12.6 Å². The van der Waals surface area contributed by atoms with Crippen LogP contribution in [-0.4, -0.2) is 48.0 Å². The normalized spacial score (nSPS) is 17.0. The van der Waals surface area contributed by atoms with E-state index in [0.29, 0.717) is 18.7 Å². The second kappa shape index (κ2) is 7.48. The molecule has 3 aromatic rings. The Morgan fingerprint density at radius 2 is 1.93 bits per heavy atom. The Labute approximate surface area is 163 Å². The van der Waals surface area contributed by atoms with Gasteiger partial charge < -0.3 is 19.9 Å². The lowest BCUT2D eigenvalue weighted by molar-refractivity contribution is -0.125. The Morgan fingerprint density at radius 1 is 1.18 bits per heavy atom. The minimum Gasteiger partial charge on any atom is -0.383 e. The van der Waals surface area contributed by atoms with Crippen LogP contribution in [0.3, 0.4) is 0 Å². The Balaban J connectivity index is 1.76. The van der Waals surface area contributed by atoms with Gasteiger partial charge >= 0.3 is 0 Å². The second-order valence-corrected chi connectivity index (χ2v) is 6.95. The van der Waals surface area contributed by atoms with Crippen molar-refractivity contribution in [3.63, 3.8) is 0 Å². The van der Waals surface area contributed by atoms with E-state index in [2.05, 4.69) is 10.3 Å². The minimum atomic E-state index is -0.615. The van der Waals surface area contributed by atoms with Gasteiger partial charge in [-0.3, -0.25) is 9.59 Å². The van der Waals surface area contributed by atoms with Crippen LogP contribution >= 0.6 is 0 Å². The number of methoxy groups -OCH3 is 1. The van der Waals surface area contributed by atoms with Crippen LogP contribution in [-0.2, 0) is 9.53 Å². The quantitative estimate of drug-likeness (QED) is 0.649. The van der Waals surface area contributed by atoms with Crippen LogP contribution in [0, 0.1) is 0 Å². The summed E-state index contributed by atoms with van der Waals surface area (Å²) in [4.78, 5) is 30.9. The Bertz CT molecular complexity index is 1030. The van der Waals surface area contributed by atoms with Crippen LogP contribution < -0.4 is 5.32 Å². The van der Waals surface area contributed by atoms with Gasteiger partial charge in [-0.05, 0) is 24.6 Å². The maximum absolute atomic E-state index is 13.2. The van der Waals surface area contributed by atoms with Gasteiger partial charge in [-0.2, -0.15) is 0 Å². The number of ether oxygens (including phenoxy) is 1. The highest BCUT2D eigenvalue weighted by Gasteiger charge is 2.42. The van der Waals surface area contributed by atoms with Crippen molar-refractivity contribution < 1.29 is 14.3 Å². The fourth-order valence-corrected chi connectivity index (χ4v) is 3.92. The van der Waals surface area contributed by atoms with Crippen molar-refractivity contribution in [1.82, 2.24) is 15.2 Å². The molecule has 2 amide bonds. The van der Waals surface area contributed by atoms with Gasteiger partial charge in [0.15, 0.2) is 0 Å². The highest BCUT2D eigenvalue weighted by atomic mass is 16.5. The number of H-pyrrole nitrogens is 1. The molecule has 0 bridgehead atoms. The largest absolute Gasteiger partial charge is 0.383 e. The van der Waals surface area contributed by atoms with Crippen LogP contribution in [0.5, 0.6) is 0 Å². The molecule has 2 heterocycles. The second-order valence-electron chi connectivity index (χ2n) is 6.95. The lowest BCUT2D eigenvalue weighted by atomic mass is 9.97. The molecule has 2 atom stereocenters. The molecule has 0 spiro atoms. The summed E-state index contributed by atoms with van der Waals surface area (Å²) in [6.45, 7) is 2.61. The number of carbonyl (C=O) groups excluding carboxylic acids is 2. The minimum absolute atomic E-state index is 0.125. The summed E-state index contributed by atoms with van der Waals surface area (Å²) in [7, 11) is 1.59. The fourth-order valence-electron chi connectivity index (χ4n) is 3.92. The molecular weight excluding hydrogens is 354 g/mol. The lowest BCUT2D eigenvalue weighted by Crippen LogP contribution is -2.47. The molecule has 0 saturated carbocycles. The average Bonchev–Trinajstić information content (AvgIpc) is 3.26. The predicted molar refractivity (Wildman–Crippen MR) is 107 cm³/mol. The topological polar surface area (TPSA) is 74.4 Å². The van der Waals surface area contributed by atoms with Gasteiger partial charge in [0, 0.05) is 41.9 Å². The van der Waals surface area contributed by atoms with Crippen LogP contribution in [0.1, 0.15) is 34.5 Å². The molecule has 2 N–H and O–H groups in total. The first-order valence-corrected chi connectivity index (χ1v) is 9.37. The third kappa shape index (κ3) is 2.96. The Hall–Kier alpha value is -3.12. The zero-order valence-electron chi connectivity index (χ0n) is 15.9. The molecule has 2 aromatic carbocycles. The number of rotatable bonds is 6. The molecule has 1 aliphatic heterocycles. The number of fused-ring (bicyclic) bond motifs is 2. The van der Waals surface area contributed by atoms with Crippen LogP contribution in [0.25, 0.3) is 10.9 Å². The van der Waals surface area contributed by atoms with Gasteiger partial charge in [0.25, 0.3) is 5.91 Å². The smallest absolute Gasteiger partial charge is 0.255 e. The number of para-hydroxylation sites is 1. The maximum atomic E-state index is 13.2. The van der Waals surface area contributed by atoms with Gasteiger partial charge in [-0.15, -0.1) is 0 Å². The summed E-state index contributed by atoms with van der Waals surface area (Å²) in [5.74, 6) is -0.316. The Morgan fingerprint density at radius 3 is 2.75 bits per heavy atom. The molecule has 1 aromatic heterocycles. The van der Waals surface area contributed by atoms with E-state index in [1.807, 2.05) is 54.7 Å². The number of hydrogen-bond acceptors (Lipinski definition) is 3. The van der Waals surface area contributed by atoms with E-state index in [0.717, 1.165) is 22.0 Å².